The highest BCUT2D eigenvalue weighted by atomic mass is 16.5. The number of nitriles is 1. The molecule has 0 radical (unpaired) electrons. The van der Waals surface area contributed by atoms with Crippen molar-refractivity contribution in [3.8, 4) is 6.07 Å². The Morgan fingerprint density at radius 1 is 1.32 bits per heavy atom. The molecule has 2 aromatic heterocycles. The van der Waals surface area contributed by atoms with Crippen LogP contribution in [0.5, 0.6) is 0 Å². The zero-order valence-electron chi connectivity index (χ0n) is 13.8. The minimum Gasteiger partial charge on any atom is -0.379 e. The van der Waals surface area contributed by atoms with Gasteiger partial charge in [-0.25, -0.2) is 4.98 Å². The van der Waals surface area contributed by atoms with Crippen molar-refractivity contribution < 1.29 is 9.53 Å². The molecule has 0 aliphatic carbocycles. The first kappa shape index (κ1) is 17.0. The summed E-state index contributed by atoms with van der Waals surface area (Å²) >= 11 is 0. The minimum absolute atomic E-state index is 0.0351. The molecule has 1 aliphatic heterocycles. The topological polar surface area (TPSA) is 91.1 Å². The predicted octanol–water partition coefficient (Wildman–Crippen LogP) is 1.15. The fourth-order valence-electron chi connectivity index (χ4n) is 2.81. The van der Waals surface area contributed by atoms with Crippen LogP contribution < -0.4 is 5.32 Å². The Morgan fingerprint density at radius 2 is 2.16 bits per heavy atom. The number of aromatic nitrogens is 2. The fraction of sp³-hybridized carbons (Fsp3) is 0.333. The van der Waals surface area contributed by atoms with Gasteiger partial charge in [-0.2, -0.15) is 5.26 Å². The lowest BCUT2D eigenvalue weighted by molar-refractivity contribution is 0.0161. The Hall–Kier alpha value is -2.82. The van der Waals surface area contributed by atoms with E-state index in [9.17, 15) is 4.79 Å². The van der Waals surface area contributed by atoms with Crippen molar-refractivity contribution >= 4 is 5.91 Å². The third-order valence-electron chi connectivity index (χ3n) is 4.15. The fourth-order valence-corrected chi connectivity index (χ4v) is 2.81. The highest BCUT2D eigenvalue weighted by Crippen LogP contribution is 2.20. The molecule has 2 aromatic rings. The first-order chi connectivity index (χ1) is 12.3. The van der Waals surface area contributed by atoms with Gasteiger partial charge in [0.05, 0.1) is 24.8 Å². The molecule has 1 saturated heterocycles. The number of hydrogen-bond acceptors (Lipinski definition) is 6. The van der Waals surface area contributed by atoms with Gasteiger partial charge in [-0.3, -0.25) is 14.7 Å². The number of nitrogens with zero attached hydrogens (tertiary/aromatic N) is 4. The van der Waals surface area contributed by atoms with Crippen molar-refractivity contribution in [1.29, 1.82) is 5.26 Å². The van der Waals surface area contributed by atoms with Crippen molar-refractivity contribution in [3.05, 3.63) is 59.7 Å². The molecule has 1 amide bonds. The summed E-state index contributed by atoms with van der Waals surface area (Å²) in [5, 5.41) is 11.7. The number of ether oxygens (including phenoxy) is 1. The molecule has 0 aromatic carbocycles. The second kappa shape index (κ2) is 8.33. The molecule has 7 nitrogen and oxygen atoms in total. The predicted molar refractivity (Wildman–Crippen MR) is 90.7 cm³/mol. The van der Waals surface area contributed by atoms with Gasteiger partial charge >= 0.3 is 0 Å². The summed E-state index contributed by atoms with van der Waals surface area (Å²) in [5.74, 6) is -0.209. The summed E-state index contributed by atoms with van der Waals surface area (Å²) in [4.78, 5) is 22.8. The van der Waals surface area contributed by atoms with Crippen LogP contribution in [-0.2, 0) is 4.74 Å². The van der Waals surface area contributed by atoms with E-state index in [-0.39, 0.29) is 17.6 Å². The molecule has 1 unspecified atom stereocenters. The number of amides is 1. The number of morpholine rings is 1. The lowest BCUT2D eigenvalue weighted by Crippen LogP contribution is -2.43. The van der Waals surface area contributed by atoms with Crippen LogP contribution in [0, 0.1) is 11.3 Å². The molecular weight excluding hydrogens is 318 g/mol. The summed E-state index contributed by atoms with van der Waals surface area (Å²) in [5.41, 5.74) is 1.78. The van der Waals surface area contributed by atoms with Crippen molar-refractivity contribution in [3.63, 3.8) is 0 Å². The van der Waals surface area contributed by atoms with E-state index in [1.165, 1.54) is 12.3 Å². The molecule has 0 saturated carbocycles. The van der Waals surface area contributed by atoms with Crippen LogP contribution in [0.25, 0.3) is 0 Å². The third kappa shape index (κ3) is 4.38. The average molecular weight is 337 g/mol. The van der Waals surface area contributed by atoms with Crippen LogP contribution in [0.15, 0.2) is 42.9 Å². The molecule has 7 heteroatoms. The number of pyridine rings is 2. The molecule has 1 atom stereocenters. The van der Waals surface area contributed by atoms with Gasteiger partial charge in [0.1, 0.15) is 11.8 Å². The number of rotatable bonds is 5. The van der Waals surface area contributed by atoms with Gasteiger partial charge in [-0.1, -0.05) is 6.07 Å². The molecule has 0 bridgehead atoms. The maximum Gasteiger partial charge on any atom is 0.252 e. The highest BCUT2D eigenvalue weighted by Gasteiger charge is 2.23. The Balaban J connectivity index is 1.69. The number of hydrogen-bond donors (Lipinski definition) is 1. The summed E-state index contributed by atoms with van der Waals surface area (Å²) < 4.78 is 5.42. The van der Waals surface area contributed by atoms with Crippen molar-refractivity contribution in [2.24, 2.45) is 0 Å². The lowest BCUT2D eigenvalue weighted by Gasteiger charge is -2.34. The van der Waals surface area contributed by atoms with Gasteiger partial charge in [0.2, 0.25) is 0 Å². The summed E-state index contributed by atoms with van der Waals surface area (Å²) in [6.07, 6.45) is 4.98. The summed E-state index contributed by atoms with van der Waals surface area (Å²) in [6.45, 7) is 3.46. The second-order valence-electron chi connectivity index (χ2n) is 5.70. The molecule has 25 heavy (non-hydrogen) atoms. The van der Waals surface area contributed by atoms with E-state index in [2.05, 4.69) is 20.2 Å². The van der Waals surface area contributed by atoms with Crippen molar-refractivity contribution in [2.75, 3.05) is 32.8 Å². The Bertz CT molecular complexity index is 736. The van der Waals surface area contributed by atoms with Gasteiger partial charge in [0.15, 0.2) is 0 Å². The van der Waals surface area contributed by atoms with Gasteiger partial charge in [0, 0.05) is 38.2 Å². The normalized spacial score (nSPS) is 16.0. The lowest BCUT2D eigenvalue weighted by atomic mass is 10.1. The van der Waals surface area contributed by atoms with E-state index in [4.69, 9.17) is 10.00 Å². The Kier molecular flexibility index (Phi) is 5.67. The number of carbonyl (C=O) groups excluding carboxylic acids is 1. The maximum absolute atomic E-state index is 12.4. The number of nitrogens with one attached hydrogen (secondary N) is 1. The first-order valence-corrected chi connectivity index (χ1v) is 8.14. The van der Waals surface area contributed by atoms with Gasteiger partial charge in [0.25, 0.3) is 5.91 Å². The zero-order chi connectivity index (χ0) is 17.5. The van der Waals surface area contributed by atoms with E-state index < -0.39 is 0 Å². The largest absolute Gasteiger partial charge is 0.379 e. The molecule has 3 rings (SSSR count). The highest BCUT2D eigenvalue weighted by molar-refractivity contribution is 5.93. The van der Waals surface area contributed by atoms with Crippen LogP contribution in [0.4, 0.5) is 0 Å². The SMILES string of the molecule is N#Cc1ccc(C(=O)NCC(c2cccnc2)N2CCOCC2)cn1. The van der Waals surface area contributed by atoms with Gasteiger partial charge < -0.3 is 10.1 Å². The summed E-state index contributed by atoms with van der Waals surface area (Å²) in [7, 11) is 0. The molecular formula is C18H19N5O2. The standard InChI is InChI=1S/C18H19N5O2/c19-10-16-4-3-15(12-21-16)18(24)22-13-17(14-2-1-5-20-11-14)23-6-8-25-9-7-23/h1-5,11-12,17H,6-9,13H2,(H,22,24). The maximum atomic E-state index is 12.4. The smallest absolute Gasteiger partial charge is 0.252 e. The Morgan fingerprint density at radius 3 is 2.80 bits per heavy atom. The van der Waals surface area contributed by atoms with E-state index in [0.717, 1.165) is 18.7 Å². The first-order valence-electron chi connectivity index (χ1n) is 8.14. The Labute approximate surface area is 146 Å². The second-order valence-corrected chi connectivity index (χ2v) is 5.70. The monoisotopic (exact) mass is 337 g/mol. The third-order valence-corrected chi connectivity index (χ3v) is 4.15. The molecule has 128 valence electrons. The molecule has 0 spiro atoms. The van der Waals surface area contributed by atoms with Crippen molar-refractivity contribution in [2.45, 2.75) is 6.04 Å². The van der Waals surface area contributed by atoms with Crippen LogP contribution in [0.3, 0.4) is 0 Å². The number of carbonyl (C=O) groups is 1. The summed E-state index contributed by atoms with van der Waals surface area (Å²) in [6, 6.07) is 9.03. The quantitative estimate of drug-likeness (QED) is 0.880. The minimum atomic E-state index is -0.209. The van der Waals surface area contributed by atoms with E-state index in [0.29, 0.717) is 25.3 Å². The molecule has 1 fully saturated rings. The van der Waals surface area contributed by atoms with Crippen LogP contribution in [0.1, 0.15) is 27.7 Å². The molecule has 1 aliphatic rings. The van der Waals surface area contributed by atoms with Gasteiger partial charge in [-0.05, 0) is 23.8 Å². The van der Waals surface area contributed by atoms with E-state index >= 15 is 0 Å². The van der Waals surface area contributed by atoms with Crippen LogP contribution in [-0.4, -0.2) is 53.6 Å². The van der Waals surface area contributed by atoms with E-state index in [1.54, 1.807) is 12.3 Å². The van der Waals surface area contributed by atoms with Crippen molar-refractivity contribution in [1.82, 2.24) is 20.2 Å². The zero-order valence-corrected chi connectivity index (χ0v) is 13.8. The molecule has 1 N–H and O–H groups in total. The van der Waals surface area contributed by atoms with Crippen LogP contribution >= 0.6 is 0 Å². The van der Waals surface area contributed by atoms with E-state index in [1.807, 2.05) is 24.4 Å². The average Bonchev–Trinajstić information content (AvgIpc) is 2.70. The van der Waals surface area contributed by atoms with Gasteiger partial charge in [-0.15, -0.1) is 0 Å². The van der Waals surface area contributed by atoms with Crippen LogP contribution in [0.2, 0.25) is 0 Å². The molecule has 3 heterocycles.